The van der Waals surface area contributed by atoms with Crippen LogP contribution in [-0.4, -0.2) is 5.25 Å². The molecular formula is C15H9S. The van der Waals surface area contributed by atoms with Crippen LogP contribution in [0.25, 0.3) is 11.6 Å². The average molecular weight is 221 g/mol. The Kier molecular flexibility index (Phi) is 1.63. The second-order valence-electron chi connectivity index (χ2n) is 4.12. The van der Waals surface area contributed by atoms with Gasteiger partial charge in [0.05, 0.1) is 5.25 Å². The van der Waals surface area contributed by atoms with Gasteiger partial charge in [0.25, 0.3) is 0 Å². The van der Waals surface area contributed by atoms with Crippen molar-refractivity contribution in [1.82, 2.24) is 0 Å². The molecule has 1 heterocycles. The number of rotatable bonds is 0. The predicted molar refractivity (Wildman–Crippen MR) is 67.6 cm³/mol. The van der Waals surface area contributed by atoms with Crippen molar-refractivity contribution in [3.8, 4) is 0 Å². The van der Waals surface area contributed by atoms with Crippen LogP contribution in [0.1, 0.15) is 5.56 Å². The first kappa shape index (κ1) is 8.66. The molecule has 0 N–H and O–H groups in total. The number of benzene rings is 2. The lowest BCUT2D eigenvalue weighted by Gasteiger charge is -1.99. The summed E-state index contributed by atoms with van der Waals surface area (Å²) in [6.07, 6.45) is 2.36. The van der Waals surface area contributed by atoms with Crippen LogP contribution in [0, 0.1) is 6.07 Å². The summed E-state index contributed by atoms with van der Waals surface area (Å²) in [5.74, 6) is 0. The lowest BCUT2D eigenvalue weighted by atomic mass is 10.0. The minimum absolute atomic E-state index is 0.506. The number of hydrogen-bond acceptors (Lipinski definition) is 1. The Hall–Kier alpha value is -1.47. The molecule has 1 heteroatoms. The van der Waals surface area contributed by atoms with Gasteiger partial charge in [0.2, 0.25) is 0 Å². The summed E-state index contributed by atoms with van der Waals surface area (Å²) in [5.41, 5.74) is 2.76. The molecule has 2 aromatic carbocycles. The van der Waals surface area contributed by atoms with E-state index in [4.69, 9.17) is 0 Å². The maximum absolute atomic E-state index is 3.38. The molecule has 0 nitrogen and oxygen atoms in total. The van der Waals surface area contributed by atoms with Gasteiger partial charge >= 0.3 is 0 Å². The van der Waals surface area contributed by atoms with Crippen LogP contribution in [-0.2, 0) is 0 Å². The van der Waals surface area contributed by atoms with Gasteiger partial charge in [0.15, 0.2) is 0 Å². The maximum atomic E-state index is 3.38. The third-order valence-corrected chi connectivity index (χ3v) is 4.43. The average Bonchev–Trinajstić information content (AvgIpc) is 2.83. The smallest absolute Gasteiger partial charge is 0.0546 e. The summed E-state index contributed by atoms with van der Waals surface area (Å²) in [6, 6.07) is 18.3. The van der Waals surface area contributed by atoms with Crippen LogP contribution in [0.3, 0.4) is 0 Å². The van der Waals surface area contributed by atoms with E-state index in [-0.39, 0.29) is 0 Å². The van der Waals surface area contributed by atoms with Crippen LogP contribution in [0.15, 0.2) is 47.4 Å². The van der Waals surface area contributed by atoms with Crippen molar-refractivity contribution in [2.45, 2.75) is 10.1 Å². The van der Waals surface area contributed by atoms with Crippen LogP contribution >= 0.6 is 11.8 Å². The third kappa shape index (κ3) is 1.01. The minimum atomic E-state index is 0.506. The van der Waals surface area contributed by atoms with Crippen molar-refractivity contribution in [2.75, 3.05) is 0 Å². The Morgan fingerprint density at radius 2 is 2.00 bits per heavy atom. The number of thioether (sulfide) groups is 1. The monoisotopic (exact) mass is 221 g/mol. The molecule has 1 aliphatic heterocycles. The van der Waals surface area contributed by atoms with Gasteiger partial charge < -0.3 is 0 Å². The summed E-state index contributed by atoms with van der Waals surface area (Å²) < 4.78 is 0. The molecule has 2 aromatic rings. The molecule has 0 amide bonds. The summed E-state index contributed by atoms with van der Waals surface area (Å²) in [4.78, 5) is 1.37. The summed E-state index contributed by atoms with van der Waals surface area (Å²) in [5, 5.41) is 3.27. The molecule has 1 atom stereocenters. The molecule has 0 fully saturated rings. The van der Waals surface area contributed by atoms with Gasteiger partial charge in [-0.15, -0.1) is 11.8 Å². The molecule has 0 aromatic heterocycles. The summed E-state index contributed by atoms with van der Waals surface area (Å²) in [7, 11) is 0. The molecule has 1 radical (unpaired) electrons. The minimum Gasteiger partial charge on any atom is -0.113 e. The Balaban J connectivity index is 2.16. The van der Waals surface area contributed by atoms with Crippen molar-refractivity contribution >= 4 is 23.4 Å². The van der Waals surface area contributed by atoms with E-state index < -0.39 is 0 Å². The highest BCUT2D eigenvalue weighted by Gasteiger charge is 2.29. The topological polar surface area (TPSA) is 0 Å². The van der Waals surface area contributed by atoms with E-state index in [1.54, 1.807) is 0 Å². The van der Waals surface area contributed by atoms with Gasteiger partial charge in [0, 0.05) is 10.5 Å². The highest BCUT2D eigenvalue weighted by atomic mass is 32.2. The normalized spacial score (nSPS) is 20.0. The second-order valence-corrected chi connectivity index (χ2v) is 5.30. The fourth-order valence-corrected chi connectivity index (χ4v) is 3.82. The Labute approximate surface area is 98.3 Å². The van der Waals surface area contributed by atoms with Gasteiger partial charge in [-0.2, -0.15) is 0 Å². The first-order chi connectivity index (χ1) is 7.93. The van der Waals surface area contributed by atoms with Crippen molar-refractivity contribution in [2.24, 2.45) is 0 Å². The van der Waals surface area contributed by atoms with E-state index in [2.05, 4.69) is 48.5 Å². The van der Waals surface area contributed by atoms with Crippen LogP contribution in [0.4, 0.5) is 0 Å². The van der Waals surface area contributed by atoms with Crippen molar-refractivity contribution < 1.29 is 0 Å². The molecule has 2 aliphatic rings. The van der Waals surface area contributed by atoms with E-state index in [1.807, 2.05) is 17.8 Å². The molecule has 0 saturated carbocycles. The predicted octanol–water partition coefficient (Wildman–Crippen LogP) is 1.95. The van der Waals surface area contributed by atoms with E-state index in [1.165, 1.54) is 26.5 Å². The zero-order chi connectivity index (χ0) is 10.5. The molecule has 16 heavy (non-hydrogen) atoms. The van der Waals surface area contributed by atoms with Crippen LogP contribution in [0.2, 0.25) is 0 Å². The van der Waals surface area contributed by atoms with Gasteiger partial charge in [-0.25, -0.2) is 0 Å². The molecule has 0 spiro atoms. The van der Waals surface area contributed by atoms with Gasteiger partial charge in [-0.1, -0.05) is 42.5 Å². The van der Waals surface area contributed by atoms with Crippen LogP contribution in [0.5, 0.6) is 0 Å². The van der Waals surface area contributed by atoms with Gasteiger partial charge in [-0.3, -0.25) is 0 Å². The Morgan fingerprint density at radius 3 is 3.00 bits per heavy atom. The number of fused-ring (bicyclic) bond motifs is 4. The van der Waals surface area contributed by atoms with E-state index in [0.29, 0.717) is 5.25 Å². The highest BCUT2D eigenvalue weighted by Crippen LogP contribution is 2.44. The highest BCUT2D eigenvalue weighted by molar-refractivity contribution is 8.01. The fraction of sp³-hybridized carbons (Fsp3) is 0.0667. The zero-order valence-electron chi connectivity index (χ0n) is 8.60. The maximum Gasteiger partial charge on any atom is 0.0546 e. The first-order valence-electron chi connectivity index (χ1n) is 5.42. The molecule has 1 aliphatic carbocycles. The lowest BCUT2D eigenvalue weighted by molar-refractivity contribution is 1.39. The SMILES string of the molecule is [c]1cccc2c1C1=c3ccccc3=CC1S2. The van der Waals surface area contributed by atoms with Crippen molar-refractivity contribution in [1.29, 1.82) is 0 Å². The molecule has 0 saturated heterocycles. The van der Waals surface area contributed by atoms with Crippen LogP contribution < -0.4 is 10.4 Å². The van der Waals surface area contributed by atoms with E-state index >= 15 is 0 Å². The largest absolute Gasteiger partial charge is 0.113 e. The molecule has 1 unspecified atom stereocenters. The molecule has 75 valence electrons. The van der Waals surface area contributed by atoms with Crippen molar-refractivity contribution in [3.63, 3.8) is 0 Å². The fourth-order valence-electron chi connectivity index (χ4n) is 2.52. The first-order valence-corrected chi connectivity index (χ1v) is 6.30. The second kappa shape index (κ2) is 3.02. The standard InChI is InChI=1S/C15H9S/c1-2-6-11-10(5-1)9-14-15(11)12-7-3-4-8-13(12)16-14/h1-6,8-9,14H. The van der Waals surface area contributed by atoms with E-state index in [0.717, 1.165) is 0 Å². The molecule has 4 rings (SSSR count). The Bertz CT molecular complexity index is 697. The summed E-state index contributed by atoms with van der Waals surface area (Å²) >= 11 is 1.94. The number of hydrogen-bond donors (Lipinski definition) is 0. The Morgan fingerprint density at radius 1 is 1.06 bits per heavy atom. The van der Waals surface area contributed by atoms with Crippen molar-refractivity contribution in [3.05, 3.63) is 64.5 Å². The lowest BCUT2D eigenvalue weighted by Crippen LogP contribution is -2.22. The van der Waals surface area contributed by atoms with Gasteiger partial charge in [0.1, 0.15) is 0 Å². The molecule has 0 bridgehead atoms. The van der Waals surface area contributed by atoms with E-state index in [9.17, 15) is 0 Å². The third-order valence-electron chi connectivity index (χ3n) is 3.21. The summed E-state index contributed by atoms with van der Waals surface area (Å²) in [6.45, 7) is 0. The quantitative estimate of drug-likeness (QED) is 0.655. The van der Waals surface area contributed by atoms with Gasteiger partial charge in [-0.05, 0) is 28.1 Å². The molecular weight excluding hydrogens is 212 g/mol. The zero-order valence-corrected chi connectivity index (χ0v) is 9.42.